The molecule has 1 aromatic heterocycles. The van der Waals surface area contributed by atoms with E-state index in [0.717, 1.165) is 12.2 Å². The highest BCUT2D eigenvalue weighted by molar-refractivity contribution is 6.35. The number of hydrogen-bond donors (Lipinski definition) is 1. The van der Waals surface area contributed by atoms with Crippen LogP contribution in [0.15, 0.2) is 12.3 Å². The summed E-state index contributed by atoms with van der Waals surface area (Å²) in [7, 11) is 0. The molecule has 1 unspecified atom stereocenters. The quantitative estimate of drug-likeness (QED) is 0.695. The van der Waals surface area contributed by atoms with Gasteiger partial charge in [0.05, 0.1) is 10.0 Å². The van der Waals surface area contributed by atoms with Crippen molar-refractivity contribution in [2.45, 2.75) is 52.0 Å². The van der Waals surface area contributed by atoms with E-state index in [0.29, 0.717) is 16.1 Å². The molecule has 0 aromatic carbocycles. The summed E-state index contributed by atoms with van der Waals surface area (Å²) in [6, 6.07) is 2.10. The molecule has 4 heteroatoms. The average molecular weight is 275 g/mol. The fourth-order valence-corrected chi connectivity index (χ4v) is 2.14. The molecular formula is C13H20Cl2N2. The Hall–Kier alpha value is -0.470. The van der Waals surface area contributed by atoms with Gasteiger partial charge in [-0.15, -0.1) is 0 Å². The van der Waals surface area contributed by atoms with Crippen LogP contribution in [0.4, 0.5) is 5.82 Å². The summed E-state index contributed by atoms with van der Waals surface area (Å²) in [6.45, 7) is 4.37. The molecule has 0 fully saturated rings. The molecule has 1 aromatic rings. The van der Waals surface area contributed by atoms with Gasteiger partial charge in [-0.25, -0.2) is 4.98 Å². The molecule has 0 saturated heterocycles. The smallest absolute Gasteiger partial charge is 0.145 e. The maximum Gasteiger partial charge on any atom is 0.145 e. The Morgan fingerprint density at radius 1 is 1.29 bits per heavy atom. The highest BCUT2D eigenvalue weighted by Crippen LogP contribution is 2.23. The molecule has 1 N–H and O–H groups in total. The van der Waals surface area contributed by atoms with Crippen LogP contribution in [0.3, 0.4) is 0 Å². The number of pyridine rings is 1. The molecule has 96 valence electrons. The summed E-state index contributed by atoms with van der Waals surface area (Å²) in [5, 5.41) is 4.46. The van der Waals surface area contributed by atoms with Crippen molar-refractivity contribution in [3.63, 3.8) is 0 Å². The number of unbranched alkanes of at least 4 members (excludes halogenated alkanes) is 3. The lowest BCUT2D eigenvalue weighted by molar-refractivity contribution is 0.593. The molecule has 0 aliphatic rings. The van der Waals surface area contributed by atoms with Crippen LogP contribution in [0, 0.1) is 0 Å². The van der Waals surface area contributed by atoms with Crippen LogP contribution in [0.5, 0.6) is 0 Å². The average Bonchev–Trinajstić information content (AvgIpc) is 2.28. The van der Waals surface area contributed by atoms with Gasteiger partial charge in [0.15, 0.2) is 0 Å². The van der Waals surface area contributed by atoms with E-state index < -0.39 is 0 Å². The maximum absolute atomic E-state index is 6.05. The second-order valence-electron chi connectivity index (χ2n) is 4.38. The molecule has 2 nitrogen and oxygen atoms in total. The Labute approximate surface area is 114 Å². The number of rotatable bonds is 7. The van der Waals surface area contributed by atoms with Crippen molar-refractivity contribution in [3.05, 3.63) is 22.3 Å². The fraction of sp³-hybridized carbons (Fsp3) is 0.615. The minimum Gasteiger partial charge on any atom is -0.366 e. The lowest BCUT2D eigenvalue weighted by Gasteiger charge is -2.15. The highest BCUT2D eigenvalue weighted by atomic mass is 35.5. The van der Waals surface area contributed by atoms with Gasteiger partial charge in [-0.3, -0.25) is 0 Å². The number of halogens is 2. The molecule has 0 radical (unpaired) electrons. The van der Waals surface area contributed by atoms with E-state index in [2.05, 4.69) is 24.1 Å². The zero-order valence-electron chi connectivity index (χ0n) is 10.5. The second kappa shape index (κ2) is 7.78. The highest BCUT2D eigenvalue weighted by Gasteiger charge is 2.06. The van der Waals surface area contributed by atoms with Crippen LogP contribution in [-0.4, -0.2) is 11.0 Å². The van der Waals surface area contributed by atoms with Crippen molar-refractivity contribution in [3.8, 4) is 0 Å². The van der Waals surface area contributed by atoms with Gasteiger partial charge in [0, 0.05) is 12.2 Å². The Bertz CT molecular complexity index is 342. The van der Waals surface area contributed by atoms with Gasteiger partial charge in [0.25, 0.3) is 0 Å². The van der Waals surface area contributed by atoms with Crippen LogP contribution in [0.1, 0.15) is 46.0 Å². The molecule has 1 atom stereocenters. The lowest BCUT2D eigenvalue weighted by atomic mass is 10.1. The van der Waals surface area contributed by atoms with Gasteiger partial charge in [0.2, 0.25) is 0 Å². The van der Waals surface area contributed by atoms with E-state index in [9.17, 15) is 0 Å². The SMILES string of the molecule is CCCCCCC(C)Nc1ncc(Cl)cc1Cl. The lowest BCUT2D eigenvalue weighted by Crippen LogP contribution is -2.16. The Balaban J connectivity index is 2.37. The van der Waals surface area contributed by atoms with Gasteiger partial charge in [-0.1, -0.05) is 55.8 Å². The third kappa shape index (κ3) is 5.60. The number of nitrogens with zero attached hydrogens (tertiary/aromatic N) is 1. The number of hydrogen-bond acceptors (Lipinski definition) is 2. The summed E-state index contributed by atoms with van der Waals surface area (Å²) >= 11 is 11.8. The first-order valence-electron chi connectivity index (χ1n) is 6.21. The van der Waals surface area contributed by atoms with Crippen molar-refractivity contribution in [1.82, 2.24) is 4.98 Å². The molecule has 0 aliphatic carbocycles. The van der Waals surface area contributed by atoms with Crippen molar-refractivity contribution >= 4 is 29.0 Å². The van der Waals surface area contributed by atoms with Gasteiger partial charge in [0.1, 0.15) is 5.82 Å². The first-order valence-corrected chi connectivity index (χ1v) is 6.96. The van der Waals surface area contributed by atoms with Crippen molar-refractivity contribution in [1.29, 1.82) is 0 Å². The van der Waals surface area contributed by atoms with Crippen LogP contribution in [0.2, 0.25) is 10.0 Å². The minimum absolute atomic E-state index is 0.387. The molecule has 0 bridgehead atoms. The molecule has 0 spiro atoms. The Morgan fingerprint density at radius 2 is 2.06 bits per heavy atom. The monoisotopic (exact) mass is 274 g/mol. The molecule has 0 aliphatic heterocycles. The van der Waals surface area contributed by atoms with Gasteiger partial charge in [-0.05, 0) is 19.4 Å². The van der Waals surface area contributed by atoms with Crippen LogP contribution >= 0.6 is 23.2 Å². The van der Waals surface area contributed by atoms with Crippen molar-refractivity contribution in [2.75, 3.05) is 5.32 Å². The number of aromatic nitrogens is 1. The number of anilines is 1. The summed E-state index contributed by atoms with van der Waals surface area (Å²) < 4.78 is 0. The largest absolute Gasteiger partial charge is 0.366 e. The first kappa shape index (κ1) is 14.6. The second-order valence-corrected chi connectivity index (χ2v) is 5.22. The van der Waals surface area contributed by atoms with Gasteiger partial charge < -0.3 is 5.32 Å². The molecule has 0 amide bonds. The van der Waals surface area contributed by atoms with E-state index in [1.54, 1.807) is 12.3 Å². The Morgan fingerprint density at radius 3 is 2.71 bits per heavy atom. The van der Waals surface area contributed by atoms with Crippen molar-refractivity contribution in [2.24, 2.45) is 0 Å². The molecule has 17 heavy (non-hydrogen) atoms. The topological polar surface area (TPSA) is 24.9 Å². The van der Waals surface area contributed by atoms with Crippen molar-refractivity contribution < 1.29 is 0 Å². The fourth-order valence-electron chi connectivity index (χ4n) is 1.70. The number of nitrogens with one attached hydrogen (secondary N) is 1. The first-order chi connectivity index (χ1) is 8.13. The van der Waals surface area contributed by atoms with Gasteiger partial charge in [-0.2, -0.15) is 0 Å². The third-order valence-electron chi connectivity index (χ3n) is 2.68. The summed E-state index contributed by atoms with van der Waals surface area (Å²) in [6.07, 6.45) is 7.87. The maximum atomic E-state index is 6.05. The summed E-state index contributed by atoms with van der Waals surface area (Å²) in [5.41, 5.74) is 0. The zero-order chi connectivity index (χ0) is 12.7. The van der Waals surface area contributed by atoms with Crippen LogP contribution in [-0.2, 0) is 0 Å². The van der Waals surface area contributed by atoms with Crippen LogP contribution in [0.25, 0.3) is 0 Å². The van der Waals surface area contributed by atoms with Gasteiger partial charge >= 0.3 is 0 Å². The minimum atomic E-state index is 0.387. The third-order valence-corrected chi connectivity index (χ3v) is 3.18. The standard InChI is InChI=1S/C13H20Cl2N2/c1-3-4-5-6-7-10(2)17-13-12(15)8-11(14)9-16-13/h8-10H,3-7H2,1-2H3,(H,16,17). The van der Waals surface area contributed by atoms with E-state index in [4.69, 9.17) is 23.2 Å². The predicted octanol–water partition coefficient (Wildman–Crippen LogP) is 5.16. The summed E-state index contributed by atoms with van der Waals surface area (Å²) in [5.74, 6) is 0.721. The summed E-state index contributed by atoms with van der Waals surface area (Å²) in [4.78, 5) is 4.19. The van der Waals surface area contributed by atoms with E-state index in [1.807, 2.05) is 0 Å². The molecule has 0 saturated carbocycles. The van der Waals surface area contributed by atoms with E-state index in [1.165, 1.54) is 25.7 Å². The molecule has 1 rings (SSSR count). The van der Waals surface area contributed by atoms with Crippen LogP contribution < -0.4 is 5.32 Å². The molecular weight excluding hydrogens is 255 g/mol. The zero-order valence-corrected chi connectivity index (χ0v) is 12.0. The van der Waals surface area contributed by atoms with E-state index >= 15 is 0 Å². The molecule has 1 heterocycles. The predicted molar refractivity (Wildman–Crippen MR) is 76.1 cm³/mol. The Kier molecular flexibility index (Phi) is 6.68. The normalized spacial score (nSPS) is 12.5. The van der Waals surface area contributed by atoms with E-state index in [-0.39, 0.29) is 0 Å².